The molecule has 2 aromatic rings. The second kappa shape index (κ2) is 6.74. The summed E-state index contributed by atoms with van der Waals surface area (Å²) in [5.41, 5.74) is 1.23. The largest absolute Gasteiger partial charge is 0.355 e. The average Bonchev–Trinajstić information content (AvgIpc) is 3.13. The molecular weight excluding hydrogens is 308 g/mol. The lowest BCUT2D eigenvalue weighted by Crippen LogP contribution is -2.30. The van der Waals surface area contributed by atoms with Crippen molar-refractivity contribution < 1.29 is 4.79 Å². The zero-order valence-corrected chi connectivity index (χ0v) is 13.5. The van der Waals surface area contributed by atoms with Gasteiger partial charge in [0.15, 0.2) is 0 Å². The van der Waals surface area contributed by atoms with Gasteiger partial charge in [-0.25, -0.2) is 4.98 Å². The smallest absolute Gasteiger partial charge is 0.237 e. The van der Waals surface area contributed by atoms with Crippen molar-refractivity contribution in [1.82, 2.24) is 10.3 Å². The number of hydrogen-bond donors (Lipinski definition) is 1. The molecule has 3 heterocycles. The van der Waals surface area contributed by atoms with Crippen LogP contribution in [0, 0.1) is 0 Å². The summed E-state index contributed by atoms with van der Waals surface area (Å²) in [6, 6.07) is 2.10. The second-order valence-electron chi connectivity index (χ2n) is 4.62. The van der Waals surface area contributed by atoms with Gasteiger partial charge < -0.3 is 5.32 Å². The third-order valence-corrected chi connectivity index (χ3v) is 6.34. The molecule has 1 N–H and O–H groups in total. The minimum atomic E-state index is -0.00939. The lowest BCUT2D eigenvalue weighted by atomic mass is 10.1. The summed E-state index contributed by atoms with van der Waals surface area (Å²) in [5, 5.41) is 8.29. The molecule has 6 heteroatoms. The van der Waals surface area contributed by atoms with Crippen molar-refractivity contribution in [3.8, 4) is 0 Å². The number of amides is 1. The van der Waals surface area contributed by atoms with E-state index in [1.54, 1.807) is 34.4 Å². The average molecular weight is 324 g/mol. The minimum absolute atomic E-state index is 0.00939. The molecular formula is C14H16N2OS3. The monoisotopic (exact) mass is 324 g/mol. The fraction of sp³-hybridized carbons (Fsp3) is 0.429. The van der Waals surface area contributed by atoms with Crippen molar-refractivity contribution in [2.24, 2.45) is 0 Å². The van der Waals surface area contributed by atoms with E-state index in [9.17, 15) is 4.79 Å². The number of thiophene rings is 1. The Morgan fingerprint density at radius 1 is 1.40 bits per heavy atom. The van der Waals surface area contributed by atoms with E-state index in [0.717, 1.165) is 36.6 Å². The summed E-state index contributed by atoms with van der Waals surface area (Å²) >= 11 is 5.21. The molecule has 0 spiro atoms. The Morgan fingerprint density at radius 2 is 2.35 bits per heavy atom. The number of nitrogens with zero attached hydrogens (tertiary/aromatic N) is 1. The van der Waals surface area contributed by atoms with Crippen LogP contribution in [-0.4, -0.2) is 23.2 Å². The highest BCUT2D eigenvalue weighted by Crippen LogP contribution is 2.39. The van der Waals surface area contributed by atoms with Crippen LogP contribution in [0.4, 0.5) is 0 Å². The van der Waals surface area contributed by atoms with Crippen molar-refractivity contribution in [3.63, 3.8) is 0 Å². The zero-order valence-electron chi connectivity index (χ0n) is 11.0. The van der Waals surface area contributed by atoms with Crippen molar-refractivity contribution in [2.75, 3.05) is 12.3 Å². The maximum atomic E-state index is 12.3. The van der Waals surface area contributed by atoms with Gasteiger partial charge in [-0.05, 0) is 35.6 Å². The molecule has 1 atom stereocenters. The van der Waals surface area contributed by atoms with E-state index < -0.39 is 0 Å². The highest BCUT2D eigenvalue weighted by atomic mass is 32.2. The van der Waals surface area contributed by atoms with E-state index in [-0.39, 0.29) is 11.2 Å². The standard InChI is InChI=1S/C14H16N2OS3/c17-14(16-5-1-2-12-15-6-9-19-12)13-10-3-7-18-11(10)4-8-20-13/h3,6-7,9,13H,1-2,4-5,8H2,(H,16,17)/t13-/m0/s1. The predicted molar refractivity (Wildman–Crippen MR) is 86.7 cm³/mol. The van der Waals surface area contributed by atoms with E-state index in [4.69, 9.17) is 0 Å². The van der Waals surface area contributed by atoms with E-state index in [0.29, 0.717) is 0 Å². The van der Waals surface area contributed by atoms with E-state index >= 15 is 0 Å². The Hall–Kier alpha value is -0.850. The first-order chi connectivity index (χ1) is 9.84. The summed E-state index contributed by atoms with van der Waals surface area (Å²) in [7, 11) is 0. The SMILES string of the molecule is O=C(NCCCc1nccs1)[C@H]1SCCc2sccc21. The van der Waals surface area contributed by atoms with E-state index in [1.807, 2.05) is 11.6 Å². The van der Waals surface area contributed by atoms with Gasteiger partial charge in [-0.1, -0.05) is 0 Å². The summed E-state index contributed by atoms with van der Waals surface area (Å²) in [6.45, 7) is 0.731. The fourth-order valence-electron chi connectivity index (χ4n) is 2.28. The third-order valence-electron chi connectivity index (χ3n) is 3.26. The van der Waals surface area contributed by atoms with Crippen LogP contribution >= 0.6 is 34.4 Å². The molecule has 3 nitrogen and oxygen atoms in total. The number of nitrogens with one attached hydrogen (secondary N) is 1. The van der Waals surface area contributed by atoms with Gasteiger partial charge in [0, 0.05) is 29.4 Å². The van der Waals surface area contributed by atoms with Gasteiger partial charge in [0.1, 0.15) is 5.25 Å². The highest BCUT2D eigenvalue weighted by molar-refractivity contribution is 8.00. The molecule has 20 heavy (non-hydrogen) atoms. The van der Waals surface area contributed by atoms with Crippen LogP contribution in [-0.2, 0) is 17.6 Å². The molecule has 106 valence electrons. The molecule has 1 aliphatic rings. The molecule has 0 aliphatic carbocycles. The van der Waals surface area contributed by atoms with Crippen LogP contribution in [0.5, 0.6) is 0 Å². The van der Waals surface area contributed by atoms with Crippen LogP contribution in [0.3, 0.4) is 0 Å². The van der Waals surface area contributed by atoms with Gasteiger partial charge in [-0.3, -0.25) is 4.79 Å². The second-order valence-corrected chi connectivity index (χ2v) is 7.81. The van der Waals surface area contributed by atoms with Crippen molar-refractivity contribution in [1.29, 1.82) is 0 Å². The van der Waals surface area contributed by atoms with Crippen molar-refractivity contribution in [3.05, 3.63) is 38.5 Å². The van der Waals surface area contributed by atoms with Gasteiger partial charge in [0.2, 0.25) is 5.91 Å². The third kappa shape index (κ3) is 3.24. The van der Waals surface area contributed by atoms with Gasteiger partial charge in [0.25, 0.3) is 0 Å². The molecule has 0 saturated carbocycles. The van der Waals surface area contributed by atoms with Gasteiger partial charge in [-0.15, -0.1) is 34.4 Å². The molecule has 0 fully saturated rings. The molecule has 1 amide bonds. The number of aromatic nitrogens is 1. The lowest BCUT2D eigenvalue weighted by Gasteiger charge is -2.21. The molecule has 0 saturated heterocycles. The van der Waals surface area contributed by atoms with Crippen LogP contribution in [0.15, 0.2) is 23.0 Å². The van der Waals surface area contributed by atoms with E-state index in [1.165, 1.54) is 10.4 Å². The number of thiazole rings is 1. The molecule has 0 bridgehead atoms. The Bertz CT molecular complexity index is 565. The Kier molecular flexibility index (Phi) is 4.75. The molecule has 2 aromatic heterocycles. The summed E-state index contributed by atoms with van der Waals surface area (Å²) < 4.78 is 0. The number of rotatable bonds is 5. The van der Waals surface area contributed by atoms with Crippen LogP contribution < -0.4 is 5.32 Å². The summed E-state index contributed by atoms with van der Waals surface area (Å²) in [5.74, 6) is 1.21. The number of aryl methyl sites for hydroxylation is 2. The summed E-state index contributed by atoms with van der Waals surface area (Å²) in [6.07, 6.45) is 4.83. The topological polar surface area (TPSA) is 42.0 Å². The van der Waals surface area contributed by atoms with Gasteiger partial charge in [0.05, 0.1) is 5.01 Å². The molecule has 3 rings (SSSR count). The first-order valence-corrected chi connectivity index (χ1v) is 9.49. The zero-order chi connectivity index (χ0) is 13.8. The van der Waals surface area contributed by atoms with Crippen LogP contribution in [0.25, 0.3) is 0 Å². The quantitative estimate of drug-likeness (QED) is 0.858. The maximum absolute atomic E-state index is 12.3. The predicted octanol–water partition coefficient (Wildman–Crippen LogP) is 3.28. The summed E-state index contributed by atoms with van der Waals surface area (Å²) in [4.78, 5) is 17.9. The van der Waals surface area contributed by atoms with Gasteiger partial charge >= 0.3 is 0 Å². The van der Waals surface area contributed by atoms with E-state index in [2.05, 4.69) is 21.7 Å². The first kappa shape index (κ1) is 14.1. The molecule has 0 unspecified atom stereocenters. The molecule has 1 aliphatic heterocycles. The number of hydrogen-bond acceptors (Lipinski definition) is 5. The normalized spacial score (nSPS) is 17.7. The Balaban J connectivity index is 1.48. The minimum Gasteiger partial charge on any atom is -0.355 e. The van der Waals surface area contributed by atoms with Crippen LogP contribution in [0.1, 0.15) is 27.1 Å². The maximum Gasteiger partial charge on any atom is 0.237 e. The van der Waals surface area contributed by atoms with Crippen LogP contribution in [0.2, 0.25) is 0 Å². The molecule has 0 radical (unpaired) electrons. The number of thioether (sulfide) groups is 1. The fourth-order valence-corrected chi connectivity index (χ4v) is 5.26. The number of fused-ring (bicyclic) bond motifs is 1. The van der Waals surface area contributed by atoms with Crippen molar-refractivity contribution >= 4 is 40.3 Å². The lowest BCUT2D eigenvalue weighted by molar-refractivity contribution is -0.120. The number of carbonyl (C=O) groups excluding carboxylic acids is 1. The van der Waals surface area contributed by atoms with Gasteiger partial charge in [-0.2, -0.15) is 0 Å². The Labute approximate surface area is 130 Å². The highest BCUT2D eigenvalue weighted by Gasteiger charge is 2.27. The van der Waals surface area contributed by atoms with Crippen molar-refractivity contribution in [2.45, 2.75) is 24.5 Å². The Morgan fingerprint density at radius 3 is 3.20 bits per heavy atom. The first-order valence-electron chi connectivity index (χ1n) is 6.68. The molecule has 0 aromatic carbocycles. The number of carbonyl (C=O) groups is 1.